The third-order valence-corrected chi connectivity index (χ3v) is 3.97. The van der Waals surface area contributed by atoms with Crippen molar-refractivity contribution in [2.24, 2.45) is 5.41 Å². The second-order valence-corrected chi connectivity index (χ2v) is 5.45. The van der Waals surface area contributed by atoms with Crippen LogP contribution in [0.1, 0.15) is 25.7 Å². The number of ether oxygens (including phenoxy) is 1. The monoisotopic (exact) mass is 266 g/mol. The lowest BCUT2D eigenvalue weighted by molar-refractivity contribution is -0.325. The summed E-state index contributed by atoms with van der Waals surface area (Å²) in [6.45, 7) is 3.99. The molecular weight excluding hydrogens is 245 g/mol. The van der Waals surface area contributed by atoms with Crippen LogP contribution in [0.15, 0.2) is 0 Å². The molecule has 2 rings (SSSR count). The summed E-state index contributed by atoms with van der Waals surface area (Å²) in [4.78, 5) is 2.11. The second-order valence-electron chi connectivity index (χ2n) is 5.45. The minimum atomic E-state index is -4.50. The first-order valence-corrected chi connectivity index (χ1v) is 6.63. The first-order chi connectivity index (χ1) is 8.49. The van der Waals surface area contributed by atoms with E-state index in [9.17, 15) is 13.2 Å². The smallest absolute Gasteiger partial charge is 0.316 e. The first kappa shape index (κ1) is 14.1. The lowest BCUT2D eigenvalue weighted by atomic mass is 9.74. The maximum absolute atomic E-state index is 11.9. The zero-order valence-electron chi connectivity index (χ0n) is 10.6. The van der Waals surface area contributed by atoms with Crippen molar-refractivity contribution in [1.29, 1.82) is 0 Å². The Morgan fingerprint density at radius 1 is 1.22 bits per heavy atom. The van der Waals surface area contributed by atoms with Crippen molar-refractivity contribution < 1.29 is 17.9 Å². The number of halogens is 3. The molecule has 106 valence electrons. The van der Waals surface area contributed by atoms with E-state index >= 15 is 0 Å². The Balaban J connectivity index is 1.76. The number of rotatable bonds is 3. The standard InChI is InChI=1S/C12H21F3N2O/c13-12(14,15)18-8-7-17-6-2-4-11(10-17)3-1-5-16-9-11/h16H,1-10H2. The van der Waals surface area contributed by atoms with Crippen LogP contribution in [0, 0.1) is 5.41 Å². The van der Waals surface area contributed by atoms with Crippen LogP contribution in [0.3, 0.4) is 0 Å². The van der Waals surface area contributed by atoms with E-state index in [1.165, 1.54) is 19.3 Å². The molecule has 2 saturated heterocycles. The van der Waals surface area contributed by atoms with Crippen molar-refractivity contribution in [2.75, 3.05) is 39.3 Å². The Hall–Kier alpha value is -0.330. The molecule has 2 aliphatic rings. The van der Waals surface area contributed by atoms with E-state index in [0.29, 0.717) is 6.54 Å². The third kappa shape index (κ3) is 4.10. The lowest BCUT2D eigenvalue weighted by Gasteiger charge is -2.45. The quantitative estimate of drug-likeness (QED) is 0.845. The Morgan fingerprint density at radius 3 is 2.67 bits per heavy atom. The van der Waals surface area contributed by atoms with Crippen molar-refractivity contribution >= 4 is 0 Å². The molecule has 1 atom stereocenters. The zero-order chi connectivity index (χ0) is 13.1. The highest BCUT2D eigenvalue weighted by Gasteiger charge is 2.36. The van der Waals surface area contributed by atoms with Crippen LogP contribution in [0.4, 0.5) is 13.2 Å². The van der Waals surface area contributed by atoms with Gasteiger partial charge in [0.1, 0.15) is 0 Å². The Labute approximate surface area is 106 Å². The average molecular weight is 266 g/mol. The second kappa shape index (κ2) is 5.75. The first-order valence-electron chi connectivity index (χ1n) is 6.63. The number of hydrogen-bond acceptors (Lipinski definition) is 3. The van der Waals surface area contributed by atoms with E-state index in [-0.39, 0.29) is 12.0 Å². The predicted octanol–water partition coefficient (Wildman–Crippen LogP) is 1.99. The Morgan fingerprint density at radius 2 is 2.00 bits per heavy atom. The lowest BCUT2D eigenvalue weighted by Crippen LogP contribution is -2.51. The van der Waals surface area contributed by atoms with Gasteiger partial charge >= 0.3 is 6.36 Å². The molecule has 1 unspecified atom stereocenters. The molecule has 2 aliphatic heterocycles. The summed E-state index contributed by atoms with van der Waals surface area (Å²) >= 11 is 0. The van der Waals surface area contributed by atoms with Gasteiger partial charge in [0, 0.05) is 19.6 Å². The van der Waals surface area contributed by atoms with Gasteiger partial charge in [-0.3, -0.25) is 4.74 Å². The van der Waals surface area contributed by atoms with Crippen molar-refractivity contribution in [2.45, 2.75) is 32.0 Å². The Bertz CT molecular complexity index is 259. The maximum atomic E-state index is 11.9. The van der Waals surface area contributed by atoms with Crippen LogP contribution in [-0.2, 0) is 4.74 Å². The summed E-state index contributed by atoms with van der Waals surface area (Å²) in [5.41, 5.74) is 0.286. The maximum Gasteiger partial charge on any atom is 0.522 e. The van der Waals surface area contributed by atoms with Gasteiger partial charge in [-0.05, 0) is 44.2 Å². The molecule has 2 heterocycles. The van der Waals surface area contributed by atoms with Crippen LogP contribution in [0.2, 0.25) is 0 Å². The highest BCUT2D eigenvalue weighted by Crippen LogP contribution is 2.35. The summed E-state index contributed by atoms with van der Waals surface area (Å²) in [5.74, 6) is 0. The molecule has 1 N–H and O–H groups in total. The minimum Gasteiger partial charge on any atom is -0.316 e. The van der Waals surface area contributed by atoms with Crippen LogP contribution >= 0.6 is 0 Å². The minimum absolute atomic E-state index is 0.257. The van der Waals surface area contributed by atoms with Gasteiger partial charge in [0.05, 0.1) is 6.61 Å². The number of nitrogens with zero attached hydrogens (tertiary/aromatic N) is 1. The molecule has 2 fully saturated rings. The summed E-state index contributed by atoms with van der Waals surface area (Å²) < 4.78 is 39.6. The highest BCUT2D eigenvalue weighted by atomic mass is 19.4. The summed E-state index contributed by atoms with van der Waals surface area (Å²) in [5, 5.41) is 3.41. The van der Waals surface area contributed by atoms with Gasteiger partial charge in [0.15, 0.2) is 0 Å². The fourth-order valence-corrected chi connectivity index (χ4v) is 3.17. The number of piperidine rings is 2. The highest BCUT2D eigenvalue weighted by molar-refractivity contribution is 4.91. The van der Waals surface area contributed by atoms with Gasteiger partial charge in [-0.2, -0.15) is 0 Å². The summed E-state index contributed by atoms with van der Waals surface area (Å²) in [6.07, 6.45) is 0.133. The van der Waals surface area contributed by atoms with Gasteiger partial charge in [-0.1, -0.05) is 0 Å². The van der Waals surface area contributed by atoms with E-state index in [1.807, 2.05) is 0 Å². The molecule has 0 aromatic rings. The largest absolute Gasteiger partial charge is 0.522 e. The van der Waals surface area contributed by atoms with Gasteiger partial charge in [-0.15, -0.1) is 13.2 Å². The molecule has 0 aromatic heterocycles. The molecule has 0 amide bonds. The van der Waals surface area contributed by atoms with Gasteiger partial charge in [0.2, 0.25) is 0 Å². The normalized spacial score (nSPS) is 30.8. The molecule has 0 bridgehead atoms. The predicted molar refractivity (Wildman–Crippen MR) is 62.2 cm³/mol. The van der Waals surface area contributed by atoms with E-state index in [2.05, 4.69) is 15.0 Å². The van der Waals surface area contributed by atoms with Crippen molar-refractivity contribution in [3.05, 3.63) is 0 Å². The van der Waals surface area contributed by atoms with E-state index in [0.717, 1.165) is 32.6 Å². The fourth-order valence-electron chi connectivity index (χ4n) is 3.17. The average Bonchev–Trinajstić information content (AvgIpc) is 2.28. The summed E-state index contributed by atoms with van der Waals surface area (Å²) in [7, 11) is 0. The van der Waals surface area contributed by atoms with Crippen LogP contribution in [-0.4, -0.2) is 50.6 Å². The molecule has 3 nitrogen and oxygen atoms in total. The van der Waals surface area contributed by atoms with Crippen LogP contribution in [0.25, 0.3) is 0 Å². The number of nitrogens with one attached hydrogen (secondary N) is 1. The molecule has 0 saturated carbocycles. The molecule has 1 spiro atoms. The fraction of sp³-hybridized carbons (Fsp3) is 1.00. The molecule has 0 aliphatic carbocycles. The number of alkyl halides is 3. The van der Waals surface area contributed by atoms with Crippen molar-refractivity contribution in [1.82, 2.24) is 10.2 Å². The van der Waals surface area contributed by atoms with E-state index in [4.69, 9.17) is 0 Å². The number of likely N-dealkylation sites (tertiary alicyclic amines) is 1. The van der Waals surface area contributed by atoms with Gasteiger partial charge in [0.25, 0.3) is 0 Å². The summed E-state index contributed by atoms with van der Waals surface area (Å²) in [6, 6.07) is 0. The molecule has 6 heteroatoms. The molecule has 0 aromatic carbocycles. The number of hydrogen-bond donors (Lipinski definition) is 1. The van der Waals surface area contributed by atoms with Gasteiger partial charge in [-0.25, -0.2) is 0 Å². The van der Waals surface area contributed by atoms with Crippen LogP contribution in [0.5, 0.6) is 0 Å². The van der Waals surface area contributed by atoms with E-state index in [1.54, 1.807) is 0 Å². The van der Waals surface area contributed by atoms with Crippen LogP contribution < -0.4 is 5.32 Å². The third-order valence-electron chi connectivity index (χ3n) is 3.97. The molecule has 18 heavy (non-hydrogen) atoms. The van der Waals surface area contributed by atoms with Crippen molar-refractivity contribution in [3.8, 4) is 0 Å². The van der Waals surface area contributed by atoms with Gasteiger partial charge < -0.3 is 10.2 Å². The topological polar surface area (TPSA) is 24.5 Å². The SMILES string of the molecule is FC(F)(F)OCCN1CCCC2(CCCNC2)C1. The van der Waals surface area contributed by atoms with Crippen molar-refractivity contribution in [3.63, 3.8) is 0 Å². The zero-order valence-corrected chi connectivity index (χ0v) is 10.6. The van der Waals surface area contributed by atoms with E-state index < -0.39 is 6.36 Å². The Kier molecular flexibility index (Phi) is 4.50. The molecule has 0 radical (unpaired) electrons. The molecular formula is C12H21F3N2O.